The van der Waals surface area contributed by atoms with Gasteiger partial charge in [0.15, 0.2) is 10.9 Å². The Kier molecular flexibility index (Phi) is 4.98. The zero-order valence-electron chi connectivity index (χ0n) is 6.08. The number of nitroso groups, excluding NO2 is 1. The molecule has 62 valence electrons. The Morgan fingerprint density at radius 2 is 2.09 bits per heavy atom. The number of aliphatic carboxylic acids is 1. The van der Waals surface area contributed by atoms with Crippen LogP contribution in [0.1, 0.15) is 19.3 Å². The van der Waals surface area contributed by atoms with E-state index in [9.17, 15) is 14.8 Å². The summed E-state index contributed by atoms with van der Waals surface area (Å²) in [5.74, 6) is -1.49. The van der Waals surface area contributed by atoms with Gasteiger partial charge < -0.3 is 15.6 Å². The Balaban J connectivity index is 3.73. The van der Waals surface area contributed by atoms with E-state index in [0.29, 0.717) is 19.4 Å². The SMILES string of the molecule is NCCCCC(=[N+]=O)C(=O)[O-]. The van der Waals surface area contributed by atoms with Crippen molar-refractivity contribution < 1.29 is 9.90 Å². The predicted molar refractivity (Wildman–Crippen MR) is 38.4 cm³/mol. The molecule has 0 saturated carbocycles. The Hall–Kier alpha value is -1.19. The second kappa shape index (κ2) is 5.58. The number of hydrogen-bond donors (Lipinski definition) is 1. The summed E-state index contributed by atoms with van der Waals surface area (Å²) in [6.07, 6.45) is 1.39. The van der Waals surface area contributed by atoms with E-state index < -0.39 is 11.7 Å². The van der Waals surface area contributed by atoms with Gasteiger partial charge >= 0.3 is 5.71 Å². The van der Waals surface area contributed by atoms with Gasteiger partial charge in [-0.25, -0.2) is 0 Å². The summed E-state index contributed by atoms with van der Waals surface area (Å²) in [6.45, 7) is 0.485. The fourth-order valence-electron chi connectivity index (χ4n) is 0.622. The molecule has 0 aliphatic carbocycles. The van der Waals surface area contributed by atoms with Crippen LogP contribution in [0.5, 0.6) is 0 Å². The first kappa shape index (κ1) is 9.81. The number of nitrogens with two attached hydrogens (primary N) is 1. The van der Waals surface area contributed by atoms with E-state index in [-0.39, 0.29) is 6.42 Å². The number of rotatable bonds is 5. The molecule has 11 heavy (non-hydrogen) atoms. The van der Waals surface area contributed by atoms with E-state index in [2.05, 4.69) is 4.85 Å². The number of carbonyl (C=O) groups excluding carboxylic acids is 1. The largest absolute Gasteiger partial charge is 0.539 e. The number of carboxylic acids is 1. The van der Waals surface area contributed by atoms with Crippen molar-refractivity contribution in [2.24, 2.45) is 5.73 Å². The average Bonchev–Trinajstić information content (AvgIpc) is 1.97. The molecule has 0 amide bonds. The standard InChI is InChI=1S/C6H10N2O3/c7-4-2-1-3-5(8-11)6(9)10/h1-4,7H2. The van der Waals surface area contributed by atoms with E-state index in [0.717, 1.165) is 0 Å². The van der Waals surface area contributed by atoms with E-state index in [1.54, 1.807) is 0 Å². The molecule has 0 bridgehead atoms. The predicted octanol–water partition coefficient (Wildman–Crippen LogP) is -1.86. The number of nitrogens with zero attached hydrogens (tertiary/aromatic N) is 1. The summed E-state index contributed by atoms with van der Waals surface area (Å²) in [4.78, 5) is 22.2. The Labute approximate surface area is 63.9 Å². The van der Waals surface area contributed by atoms with Gasteiger partial charge in [-0.2, -0.15) is 0 Å². The molecule has 0 radical (unpaired) electrons. The Bertz CT molecular complexity index is 184. The number of unbranched alkanes of at least 4 members (excludes halogenated alkanes) is 1. The second-order valence-corrected chi connectivity index (χ2v) is 2.07. The first-order chi connectivity index (χ1) is 5.22. The molecule has 0 fully saturated rings. The van der Waals surface area contributed by atoms with Gasteiger partial charge in [-0.3, -0.25) is 0 Å². The van der Waals surface area contributed by atoms with E-state index in [4.69, 9.17) is 5.73 Å². The lowest BCUT2D eigenvalue weighted by atomic mass is 10.2. The van der Waals surface area contributed by atoms with Crippen molar-refractivity contribution in [2.45, 2.75) is 19.3 Å². The molecule has 0 saturated heterocycles. The maximum atomic E-state index is 10.1. The molecule has 0 aromatic rings. The van der Waals surface area contributed by atoms with Gasteiger partial charge in [0.05, 0.1) is 6.42 Å². The molecule has 0 atom stereocenters. The molecule has 0 rings (SSSR count). The maximum Gasteiger partial charge on any atom is 0.395 e. The van der Waals surface area contributed by atoms with Gasteiger partial charge in [-0.05, 0) is 19.4 Å². The third-order valence-corrected chi connectivity index (χ3v) is 1.21. The zero-order valence-corrected chi connectivity index (χ0v) is 6.08. The highest BCUT2D eigenvalue weighted by molar-refractivity contribution is 6.33. The summed E-state index contributed by atoms with van der Waals surface area (Å²) in [5, 5.41) is 10.1. The molecule has 0 aromatic carbocycles. The van der Waals surface area contributed by atoms with Crippen molar-refractivity contribution >= 4 is 11.7 Å². The van der Waals surface area contributed by atoms with E-state index in [1.807, 2.05) is 0 Å². The van der Waals surface area contributed by atoms with Crippen molar-refractivity contribution in [1.82, 2.24) is 4.85 Å². The Morgan fingerprint density at radius 3 is 2.45 bits per heavy atom. The summed E-state index contributed by atoms with van der Waals surface area (Å²) < 4.78 is 0. The van der Waals surface area contributed by atoms with E-state index >= 15 is 0 Å². The van der Waals surface area contributed by atoms with Crippen LogP contribution in [0, 0.1) is 4.91 Å². The highest BCUT2D eigenvalue weighted by Gasteiger charge is 2.13. The summed E-state index contributed by atoms with van der Waals surface area (Å²) >= 11 is 0. The second-order valence-electron chi connectivity index (χ2n) is 2.07. The van der Waals surface area contributed by atoms with Crippen LogP contribution in [-0.4, -0.2) is 18.2 Å². The van der Waals surface area contributed by atoms with Crippen molar-refractivity contribution in [1.29, 1.82) is 0 Å². The van der Waals surface area contributed by atoms with Gasteiger partial charge in [0.25, 0.3) is 0 Å². The lowest BCUT2D eigenvalue weighted by Crippen LogP contribution is -2.32. The lowest BCUT2D eigenvalue weighted by Gasteiger charge is -1.92. The fourth-order valence-corrected chi connectivity index (χ4v) is 0.622. The minimum atomic E-state index is -1.49. The smallest absolute Gasteiger partial charge is 0.395 e. The van der Waals surface area contributed by atoms with Crippen molar-refractivity contribution in [3.8, 4) is 0 Å². The molecular weight excluding hydrogens is 148 g/mol. The van der Waals surface area contributed by atoms with Crippen molar-refractivity contribution in [2.75, 3.05) is 6.54 Å². The van der Waals surface area contributed by atoms with Gasteiger partial charge in [-0.15, -0.1) is 0 Å². The number of hydrogen-bond acceptors (Lipinski definition) is 4. The topological polar surface area (TPSA) is 97.3 Å². The molecule has 0 aliphatic heterocycles. The van der Waals surface area contributed by atoms with Crippen LogP contribution in [0.3, 0.4) is 0 Å². The van der Waals surface area contributed by atoms with Gasteiger partial charge in [-0.1, -0.05) is 0 Å². The van der Waals surface area contributed by atoms with E-state index in [1.165, 1.54) is 0 Å². The third kappa shape index (κ3) is 4.25. The van der Waals surface area contributed by atoms with Crippen LogP contribution in [0.2, 0.25) is 0 Å². The molecule has 0 spiro atoms. The first-order valence-electron chi connectivity index (χ1n) is 3.33. The van der Waals surface area contributed by atoms with Gasteiger partial charge in [0, 0.05) is 0 Å². The Morgan fingerprint density at radius 1 is 1.45 bits per heavy atom. The van der Waals surface area contributed by atoms with Crippen LogP contribution in [0.4, 0.5) is 0 Å². The molecule has 5 heteroatoms. The highest BCUT2D eigenvalue weighted by Crippen LogP contribution is 1.93. The normalized spacial score (nSPS) is 8.82. The van der Waals surface area contributed by atoms with Crippen LogP contribution in [0.15, 0.2) is 0 Å². The number of carboxylic acid groups (broad SMARTS) is 1. The quantitative estimate of drug-likeness (QED) is 0.288. The molecule has 0 aromatic heterocycles. The highest BCUT2D eigenvalue weighted by atomic mass is 16.4. The molecule has 0 aliphatic rings. The van der Waals surface area contributed by atoms with Crippen LogP contribution in [-0.2, 0) is 4.79 Å². The van der Waals surface area contributed by atoms with Crippen LogP contribution >= 0.6 is 0 Å². The number of carbonyl (C=O) groups is 1. The summed E-state index contributed by atoms with van der Waals surface area (Å²) in [7, 11) is 0. The molecular formula is C6H10N2O3. The van der Waals surface area contributed by atoms with Gasteiger partial charge in [0.2, 0.25) is 4.85 Å². The third-order valence-electron chi connectivity index (χ3n) is 1.21. The molecule has 0 unspecified atom stereocenters. The first-order valence-corrected chi connectivity index (χ1v) is 3.33. The van der Waals surface area contributed by atoms with Crippen molar-refractivity contribution in [3.63, 3.8) is 0 Å². The fraction of sp³-hybridized carbons (Fsp3) is 0.667. The maximum absolute atomic E-state index is 10.1. The molecule has 2 N–H and O–H groups in total. The van der Waals surface area contributed by atoms with Crippen molar-refractivity contribution in [3.05, 3.63) is 4.91 Å². The van der Waals surface area contributed by atoms with Crippen LogP contribution in [0.25, 0.3) is 0 Å². The minimum Gasteiger partial charge on any atom is -0.539 e. The minimum absolute atomic E-state index is 0.142. The average molecular weight is 158 g/mol. The summed E-state index contributed by atoms with van der Waals surface area (Å²) in [5.41, 5.74) is 4.72. The lowest BCUT2D eigenvalue weighted by molar-refractivity contribution is -0.294. The molecule has 0 heterocycles. The summed E-state index contributed by atoms with van der Waals surface area (Å²) in [6, 6.07) is 0. The van der Waals surface area contributed by atoms with Crippen LogP contribution < -0.4 is 15.7 Å². The van der Waals surface area contributed by atoms with Gasteiger partial charge in [0.1, 0.15) is 0 Å². The zero-order chi connectivity index (χ0) is 8.69. The monoisotopic (exact) mass is 158 g/mol. The molecule has 5 nitrogen and oxygen atoms in total.